The summed E-state index contributed by atoms with van der Waals surface area (Å²) in [6.45, 7) is 1.35. The second-order valence-corrected chi connectivity index (χ2v) is 6.81. The smallest absolute Gasteiger partial charge is 0.227 e. The number of phenolic OH excluding ortho intramolecular Hbond substituents is 1. The van der Waals surface area contributed by atoms with Gasteiger partial charge in [0, 0.05) is 58.7 Å². The van der Waals surface area contributed by atoms with Gasteiger partial charge in [-0.15, -0.1) is 0 Å². The van der Waals surface area contributed by atoms with E-state index in [1.807, 2.05) is 17.0 Å². The number of phenols is 1. The van der Waals surface area contributed by atoms with E-state index in [0.29, 0.717) is 18.5 Å². The van der Waals surface area contributed by atoms with Crippen LogP contribution in [0.15, 0.2) is 53.1 Å². The topological polar surface area (TPSA) is 69.5 Å². The minimum Gasteiger partial charge on any atom is -0.508 e. The Bertz CT molecular complexity index is 1140. The molecule has 2 aromatic heterocycles. The molecule has 5 heteroatoms. The number of fused-ring (bicyclic) bond motifs is 4. The average molecular weight is 346 g/mol. The highest BCUT2D eigenvalue weighted by atomic mass is 16.3. The molecule has 0 aliphatic carbocycles. The van der Waals surface area contributed by atoms with E-state index in [4.69, 9.17) is 4.42 Å². The zero-order valence-electron chi connectivity index (χ0n) is 14.2. The Kier molecular flexibility index (Phi) is 3.28. The molecule has 0 radical (unpaired) electrons. The number of amides is 1. The van der Waals surface area contributed by atoms with E-state index in [1.165, 1.54) is 16.6 Å². The molecule has 130 valence electrons. The molecule has 0 saturated heterocycles. The number of carbonyl (C=O) groups excluding carboxylic acids is 1. The summed E-state index contributed by atoms with van der Waals surface area (Å²) in [5.74, 6) is 0.254. The number of aromatic amines is 1. The number of aromatic nitrogens is 1. The van der Waals surface area contributed by atoms with Gasteiger partial charge < -0.3 is 19.4 Å². The van der Waals surface area contributed by atoms with E-state index < -0.39 is 0 Å². The Morgan fingerprint density at radius 1 is 1.19 bits per heavy atom. The number of aromatic hydroxyl groups is 1. The summed E-state index contributed by atoms with van der Waals surface area (Å²) in [5, 5.41) is 11.6. The molecular weight excluding hydrogens is 328 g/mol. The maximum Gasteiger partial charge on any atom is 0.227 e. The molecule has 2 N–H and O–H groups in total. The first kappa shape index (κ1) is 15.1. The van der Waals surface area contributed by atoms with E-state index >= 15 is 0 Å². The minimum absolute atomic E-state index is 0.0942. The van der Waals surface area contributed by atoms with Crippen molar-refractivity contribution in [3.05, 3.63) is 65.5 Å². The van der Waals surface area contributed by atoms with Crippen molar-refractivity contribution in [1.82, 2.24) is 9.88 Å². The fraction of sp³-hybridized carbons (Fsp3) is 0.190. The van der Waals surface area contributed by atoms with Crippen LogP contribution in [0.3, 0.4) is 0 Å². The van der Waals surface area contributed by atoms with Crippen molar-refractivity contribution in [2.75, 3.05) is 6.54 Å². The lowest BCUT2D eigenvalue weighted by molar-refractivity contribution is -0.131. The van der Waals surface area contributed by atoms with E-state index in [2.05, 4.69) is 17.1 Å². The number of hydrogen-bond acceptors (Lipinski definition) is 3. The molecule has 3 heterocycles. The van der Waals surface area contributed by atoms with Gasteiger partial charge in [-0.1, -0.05) is 18.2 Å². The lowest BCUT2D eigenvalue weighted by atomic mass is 10.0. The highest BCUT2D eigenvalue weighted by Gasteiger charge is 2.24. The fourth-order valence-electron chi connectivity index (χ4n) is 3.86. The number of hydrogen-bond donors (Lipinski definition) is 2. The number of nitrogens with zero attached hydrogens (tertiary/aromatic N) is 1. The molecule has 4 aromatic rings. The van der Waals surface area contributed by atoms with Crippen LogP contribution in [0.4, 0.5) is 0 Å². The van der Waals surface area contributed by atoms with Gasteiger partial charge in [-0.25, -0.2) is 0 Å². The van der Waals surface area contributed by atoms with Crippen molar-refractivity contribution >= 4 is 27.8 Å². The summed E-state index contributed by atoms with van der Waals surface area (Å²) in [7, 11) is 0. The number of benzene rings is 2. The Morgan fingerprint density at radius 2 is 2.08 bits per heavy atom. The monoisotopic (exact) mass is 346 g/mol. The highest BCUT2D eigenvalue weighted by Crippen LogP contribution is 2.29. The van der Waals surface area contributed by atoms with Crippen LogP contribution in [0.5, 0.6) is 5.75 Å². The number of furan rings is 1. The molecular formula is C21H18N2O3. The van der Waals surface area contributed by atoms with Crippen molar-refractivity contribution < 1.29 is 14.3 Å². The van der Waals surface area contributed by atoms with E-state index in [0.717, 1.165) is 29.4 Å². The molecule has 1 aliphatic heterocycles. The van der Waals surface area contributed by atoms with Gasteiger partial charge in [0.2, 0.25) is 5.91 Å². The average Bonchev–Trinajstić information content (AvgIpc) is 3.22. The third kappa shape index (κ3) is 2.36. The molecule has 5 nitrogen and oxygen atoms in total. The first-order chi connectivity index (χ1) is 12.7. The second-order valence-electron chi connectivity index (χ2n) is 6.81. The van der Waals surface area contributed by atoms with Crippen LogP contribution >= 0.6 is 0 Å². The molecule has 0 bridgehead atoms. The van der Waals surface area contributed by atoms with Gasteiger partial charge in [0.1, 0.15) is 11.3 Å². The quantitative estimate of drug-likeness (QED) is 0.581. The van der Waals surface area contributed by atoms with Crippen LogP contribution < -0.4 is 0 Å². The molecule has 5 rings (SSSR count). The van der Waals surface area contributed by atoms with E-state index in [1.54, 1.807) is 24.5 Å². The Labute approximate surface area is 149 Å². The molecule has 0 atom stereocenters. The first-order valence-corrected chi connectivity index (χ1v) is 8.74. The number of nitrogens with one attached hydrogen (secondary N) is 1. The molecule has 0 unspecified atom stereocenters. The first-order valence-electron chi connectivity index (χ1n) is 8.74. The minimum atomic E-state index is 0.0942. The number of carbonyl (C=O) groups is 1. The van der Waals surface area contributed by atoms with Crippen LogP contribution in [0.25, 0.3) is 21.9 Å². The summed E-state index contributed by atoms with van der Waals surface area (Å²) in [4.78, 5) is 18.3. The van der Waals surface area contributed by atoms with E-state index in [-0.39, 0.29) is 11.7 Å². The second kappa shape index (κ2) is 5.66. The molecule has 26 heavy (non-hydrogen) atoms. The van der Waals surface area contributed by atoms with Crippen LogP contribution in [-0.2, 0) is 24.2 Å². The zero-order chi connectivity index (χ0) is 17.7. The Morgan fingerprint density at radius 3 is 3.00 bits per heavy atom. The molecule has 0 spiro atoms. The van der Waals surface area contributed by atoms with Gasteiger partial charge in [0.25, 0.3) is 0 Å². The van der Waals surface area contributed by atoms with Gasteiger partial charge in [-0.2, -0.15) is 0 Å². The van der Waals surface area contributed by atoms with Gasteiger partial charge in [-0.3, -0.25) is 4.79 Å². The van der Waals surface area contributed by atoms with Crippen LogP contribution in [-0.4, -0.2) is 27.4 Å². The predicted molar refractivity (Wildman–Crippen MR) is 99.0 cm³/mol. The fourth-order valence-corrected chi connectivity index (χ4v) is 3.86. The molecule has 0 saturated carbocycles. The lowest BCUT2D eigenvalue weighted by Gasteiger charge is -2.27. The van der Waals surface area contributed by atoms with Crippen molar-refractivity contribution in [1.29, 1.82) is 0 Å². The largest absolute Gasteiger partial charge is 0.508 e. The van der Waals surface area contributed by atoms with Gasteiger partial charge in [-0.05, 0) is 18.2 Å². The van der Waals surface area contributed by atoms with Crippen LogP contribution in [0.2, 0.25) is 0 Å². The third-order valence-electron chi connectivity index (χ3n) is 5.22. The van der Waals surface area contributed by atoms with Crippen LogP contribution in [0, 0.1) is 0 Å². The standard InChI is InChI=1S/C21H18N2O3/c24-14-5-6-15-13(12-26-20(15)10-14)9-21(25)23-8-7-19-17(11-23)16-3-1-2-4-18(16)22-19/h1-6,10,12,22,24H,7-9,11H2. The van der Waals surface area contributed by atoms with Crippen molar-refractivity contribution in [3.63, 3.8) is 0 Å². The van der Waals surface area contributed by atoms with Crippen molar-refractivity contribution in [2.45, 2.75) is 19.4 Å². The third-order valence-corrected chi connectivity index (χ3v) is 5.22. The van der Waals surface area contributed by atoms with E-state index in [9.17, 15) is 9.90 Å². The van der Waals surface area contributed by atoms with Gasteiger partial charge in [0.15, 0.2) is 0 Å². The Balaban J connectivity index is 1.41. The number of rotatable bonds is 2. The summed E-state index contributed by atoms with van der Waals surface area (Å²) in [6, 6.07) is 13.2. The summed E-state index contributed by atoms with van der Waals surface area (Å²) >= 11 is 0. The van der Waals surface area contributed by atoms with Crippen molar-refractivity contribution in [3.8, 4) is 5.75 Å². The Hall–Kier alpha value is -3.21. The maximum atomic E-state index is 12.9. The normalized spacial score (nSPS) is 14.1. The summed E-state index contributed by atoms with van der Waals surface area (Å²) in [6.07, 6.45) is 2.76. The van der Waals surface area contributed by atoms with Gasteiger partial charge in [0.05, 0.1) is 12.7 Å². The van der Waals surface area contributed by atoms with Crippen LogP contribution in [0.1, 0.15) is 16.8 Å². The maximum absolute atomic E-state index is 12.9. The SMILES string of the molecule is O=C(Cc1coc2cc(O)ccc12)N1CCc2[nH]c3ccccc3c2C1. The lowest BCUT2D eigenvalue weighted by Crippen LogP contribution is -2.36. The predicted octanol–water partition coefficient (Wildman–Crippen LogP) is 3.75. The molecule has 1 aliphatic rings. The highest BCUT2D eigenvalue weighted by molar-refractivity contribution is 5.89. The summed E-state index contributed by atoms with van der Waals surface area (Å²) in [5.41, 5.74) is 5.05. The number of para-hydroxylation sites is 1. The molecule has 1 amide bonds. The number of H-pyrrole nitrogens is 1. The zero-order valence-corrected chi connectivity index (χ0v) is 14.2. The van der Waals surface area contributed by atoms with Crippen molar-refractivity contribution in [2.24, 2.45) is 0 Å². The molecule has 0 fully saturated rings. The molecule has 2 aromatic carbocycles. The summed E-state index contributed by atoms with van der Waals surface area (Å²) < 4.78 is 5.48. The van der Waals surface area contributed by atoms with Gasteiger partial charge >= 0.3 is 0 Å².